The van der Waals surface area contributed by atoms with Crippen LogP contribution in [0.3, 0.4) is 0 Å². The van der Waals surface area contributed by atoms with E-state index in [1.165, 1.54) is 13.5 Å². The van der Waals surface area contributed by atoms with E-state index in [4.69, 9.17) is 4.84 Å². The molecule has 0 aliphatic rings. The second kappa shape index (κ2) is 15.2. The second-order valence-electron chi connectivity index (χ2n) is 7.42. The molecule has 6 nitrogen and oxygen atoms in total. The van der Waals surface area contributed by atoms with Crippen LogP contribution in [0, 0.1) is 12.9 Å². The van der Waals surface area contributed by atoms with Gasteiger partial charge in [-0.3, -0.25) is 4.79 Å². The highest BCUT2D eigenvalue weighted by molar-refractivity contribution is 6.07. The third kappa shape index (κ3) is 8.21. The van der Waals surface area contributed by atoms with E-state index in [1.807, 2.05) is 63.2 Å². The maximum absolute atomic E-state index is 14.2. The summed E-state index contributed by atoms with van der Waals surface area (Å²) in [6, 6.07) is 15.1. The minimum absolute atomic E-state index is 0.0611. The molecule has 0 saturated carbocycles. The number of nitrogens with zero attached hydrogens (tertiary/aromatic N) is 3. The van der Waals surface area contributed by atoms with E-state index < -0.39 is 11.9 Å². The molecule has 0 unspecified atom stereocenters. The first-order valence-electron chi connectivity index (χ1n) is 11.8. The molecule has 0 fully saturated rings. The predicted octanol–water partition coefficient (Wildman–Crippen LogP) is 7.16. The van der Waals surface area contributed by atoms with Gasteiger partial charge < -0.3 is 10.2 Å². The summed E-state index contributed by atoms with van der Waals surface area (Å²) >= 11 is 0. The summed E-state index contributed by atoms with van der Waals surface area (Å²) in [5.41, 5.74) is 4.23. The van der Waals surface area contributed by atoms with Crippen molar-refractivity contribution in [3.63, 3.8) is 0 Å². The molecule has 2 aromatic carbocycles. The van der Waals surface area contributed by atoms with Gasteiger partial charge in [0.25, 0.3) is 5.91 Å². The molecule has 0 bridgehead atoms. The van der Waals surface area contributed by atoms with Crippen molar-refractivity contribution < 1.29 is 14.0 Å². The molecule has 1 N–H and O–H groups in total. The van der Waals surface area contributed by atoms with Crippen molar-refractivity contribution in [2.45, 2.75) is 48.0 Å². The van der Waals surface area contributed by atoms with Crippen molar-refractivity contribution in [2.24, 2.45) is 12.2 Å². The summed E-state index contributed by atoms with van der Waals surface area (Å²) in [6.07, 6.45) is 2.88. The van der Waals surface area contributed by atoms with Crippen molar-refractivity contribution in [3.8, 4) is 11.1 Å². The Balaban J connectivity index is 0.00000114. The highest BCUT2D eigenvalue weighted by Crippen LogP contribution is 2.29. The zero-order valence-electron chi connectivity index (χ0n) is 21.9. The van der Waals surface area contributed by atoms with Gasteiger partial charge in [0.15, 0.2) is 0 Å². The number of hydrogen-bond donors (Lipinski definition) is 1. The molecule has 1 amide bonds. The van der Waals surface area contributed by atoms with Gasteiger partial charge in [-0.15, -0.1) is 0 Å². The van der Waals surface area contributed by atoms with Crippen LogP contribution in [0.4, 0.5) is 10.1 Å². The van der Waals surface area contributed by atoms with Gasteiger partial charge in [-0.05, 0) is 31.0 Å². The standard InChI is InChI=1S/C23H23FN4O2.C3H8.C2H6/c1-5-14-30-27-15(2)17-10-12-18(13-11-17)19-8-6-7-9-20(19)25-23(29)21-16(3)26-28(4)22(21)24;1-3-2;1-2/h5-13H,1,14H2,2-4H3,(H,25,29);3H2,1-2H3;1-2H3/b27-15+;;. The van der Waals surface area contributed by atoms with Crippen molar-refractivity contribution >= 4 is 17.3 Å². The van der Waals surface area contributed by atoms with Crippen LogP contribution >= 0.6 is 0 Å². The van der Waals surface area contributed by atoms with Crippen LogP contribution in [-0.2, 0) is 11.9 Å². The smallest absolute Gasteiger partial charge is 0.262 e. The summed E-state index contributed by atoms with van der Waals surface area (Å²) < 4.78 is 15.3. The van der Waals surface area contributed by atoms with E-state index in [1.54, 1.807) is 19.1 Å². The van der Waals surface area contributed by atoms with Gasteiger partial charge in [0.05, 0.1) is 11.4 Å². The Morgan fingerprint density at radius 3 is 2.31 bits per heavy atom. The van der Waals surface area contributed by atoms with Gasteiger partial charge in [-0.25, -0.2) is 4.68 Å². The van der Waals surface area contributed by atoms with Gasteiger partial charge in [-0.1, -0.05) is 94.4 Å². The minimum Gasteiger partial charge on any atom is -0.391 e. The van der Waals surface area contributed by atoms with Gasteiger partial charge in [0, 0.05) is 18.3 Å². The number of nitrogens with one attached hydrogen (secondary N) is 1. The Hall–Kier alpha value is -3.74. The molecule has 0 aliphatic heterocycles. The zero-order valence-corrected chi connectivity index (χ0v) is 21.9. The third-order valence-electron chi connectivity index (χ3n) is 4.56. The molecule has 0 aliphatic carbocycles. The summed E-state index contributed by atoms with van der Waals surface area (Å²) in [7, 11) is 1.46. The van der Waals surface area contributed by atoms with E-state index in [9.17, 15) is 9.18 Å². The first-order chi connectivity index (χ1) is 16.8. The monoisotopic (exact) mass is 480 g/mol. The highest BCUT2D eigenvalue weighted by atomic mass is 19.1. The summed E-state index contributed by atoms with van der Waals surface area (Å²) in [6.45, 7) is 15.6. The number of aryl methyl sites for hydroxylation is 2. The molecule has 188 valence electrons. The fourth-order valence-corrected chi connectivity index (χ4v) is 3.05. The number of para-hydroxylation sites is 1. The quantitative estimate of drug-likeness (QED) is 0.169. The van der Waals surface area contributed by atoms with Crippen LogP contribution in [0.25, 0.3) is 11.1 Å². The lowest BCUT2D eigenvalue weighted by Gasteiger charge is -2.12. The van der Waals surface area contributed by atoms with Crippen LogP contribution < -0.4 is 5.32 Å². The lowest BCUT2D eigenvalue weighted by atomic mass is 10.0. The molecule has 1 heterocycles. The molecule has 1 aromatic heterocycles. The lowest BCUT2D eigenvalue weighted by Crippen LogP contribution is -2.15. The maximum Gasteiger partial charge on any atom is 0.262 e. The van der Waals surface area contributed by atoms with Crippen molar-refractivity contribution in [1.82, 2.24) is 9.78 Å². The molecule has 0 radical (unpaired) electrons. The topological polar surface area (TPSA) is 68.5 Å². The highest BCUT2D eigenvalue weighted by Gasteiger charge is 2.21. The Kier molecular flexibility index (Phi) is 12.7. The number of amides is 1. The average molecular weight is 481 g/mol. The number of aromatic nitrogens is 2. The fourth-order valence-electron chi connectivity index (χ4n) is 3.05. The number of benzene rings is 2. The molecule has 3 rings (SSSR count). The average Bonchev–Trinajstić information content (AvgIpc) is 3.12. The van der Waals surface area contributed by atoms with E-state index in [-0.39, 0.29) is 5.56 Å². The van der Waals surface area contributed by atoms with Gasteiger partial charge >= 0.3 is 0 Å². The molecule has 35 heavy (non-hydrogen) atoms. The maximum atomic E-state index is 14.2. The number of carbonyl (C=O) groups excluding carboxylic acids is 1. The van der Waals surface area contributed by atoms with Gasteiger partial charge in [0.2, 0.25) is 5.95 Å². The SMILES string of the molecule is C=CCO/N=C(\C)c1ccc(-c2ccccc2NC(=O)c2c(C)nn(C)c2F)cc1.CC.CCC. The molecule has 0 spiro atoms. The largest absolute Gasteiger partial charge is 0.391 e. The normalized spacial score (nSPS) is 10.3. The summed E-state index contributed by atoms with van der Waals surface area (Å²) in [4.78, 5) is 17.8. The Bertz CT molecular complexity index is 1120. The Labute approximate surface area is 208 Å². The van der Waals surface area contributed by atoms with Crippen molar-refractivity contribution in [3.05, 3.63) is 84.0 Å². The van der Waals surface area contributed by atoms with Crippen LogP contribution in [0.5, 0.6) is 0 Å². The van der Waals surface area contributed by atoms with Crippen LogP contribution in [0.2, 0.25) is 0 Å². The lowest BCUT2D eigenvalue weighted by molar-refractivity contribution is 0.102. The van der Waals surface area contributed by atoms with E-state index >= 15 is 0 Å². The fraction of sp³-hybridized carbons (Fsp3) is 0.321. The van der Waals surface area contributed by atoms with E-state index in [0.717, 1.165) is 27.1 Å². The number of hydrogen-bond acceptors (Lipinski definition) is 4. The van der Waals surface area contributed by atoms with Crippen molar-refractivity contribution in [1.29, 1.82) is 0 Å². The van der Waals surface area contributed by atoms with Crippen LogP contribution in [0.1, 0.15) is 62.7 Å². The second-order valence-corrected chi connectivity index (χ2v) is 7.42. The molecule has 0 saturated heterocycles. The minimum atomic E-state index is -0.666. The molecular weight excluding hydrogens is 443 g/mol. The van der Waals surface area contributed by atoms with Gasteiger partial charge in [-0.2, -0.15) is 9.49 Å². The number of rotatable bonds is 7. The first kappa shape index (κ1) is 29.3. The molecular formula is C28H37FN4O2. The number of oxime groups is 1. The number of anilines is 1. The first-order valence-corrected chi connectivity index (χ1v) is 11.8. The van der Waals surface area contributed by atoms with Crippen molar-refractivity contribution in [2.75, 3.05) is 11.9 Å². The molecule has 7 heteroatoms. The number of halogens is 1. The molecule has 3 aromatic rings. The van der Waals surface area contributed by atoms with E-state index in [2.05, 4.69) is 36.0 Å². The van der Waals surface area contributed by atoms with Gasteiger partial charge in [0.1, 0.15) is 12.2 Å². The van der Waals surface area contributed by atoms with E-state index in [0.29, 0.717) is 18.0 Å². The summed E-state index contributed by atoms with van der Waals surface area (Å²) in [5.74, 6) is -1.20. The molecule has 0 atom stereocenters. The predicted molar refractivity (Wildman–Crippen MR) is 143 cm³/mol. The Morgan fingerprint density at radius 2 is 1.77 bits per heavy atom. The van der Waals surface area contributed by atoms with Crippen LogP contribution in [0.15, 0.2) is 66.3 Å². The zero-order chi connectivity index (χ0) is 26.4. The third-order valence-corrected chi connectivity index (χ3v) is 4.56. The van der Waals surface area contributed by atoms with Crippen LogP contribution in [-0.4, -0.2) is 28.0 Å². The number of carbonyl (C=O) groups is 1. The summed E-state index contributed by atoms with van der Waals surface area (Å²) in [5, 5.41) is 10.8. The Morgan fingerprint density at radius 1 is 1.17 bits per heavy atom.